The molecule has 1 aliphatic rings. The van der Waals surface area contributed by atoms with E-state index in [9.17, 15) is 14.3 Å². The first kappa shape index (κ1) is 15.3. The Morgan fingerprint density at radius 1 is 1.45 bits per heavy atom. The van der Waals surface area contributed by atoms with Crippen LogP contribution in [0.5, 0.6) is 0 Å². The first-order chi connectivity index (χ1) is 9.57. The van der Waals surface area contributed by atoms with Crippen molar-refractivity contribution in [2.75, 3.05) is 18.1 Å². The molecule has 1 fully saturated rings. The molecule has 1 aliphatic heterocycles. The third kappa shape index (κ3) is 4.76. The molecule has 0 spiro atoms. The van der Waals surface area contributed by atoms with Gasteiger partial charge < -0.3 is 10.4 Å². The maximum atomic E-state index is 12.9. The number of rotatable bonds is 5. The molecule has 0 atom stereocenters. The lowest BCUT2D eigenvalue weighted by Crippen LogP contribution is -2.45. The normalized spacial score (nSPS) is 17.7. The summed E-state index contributed by atoms with van der Waals surface area (Å²) in [5, 5.41) is 13.0. The first-order valence-electron chi connectivity index (χ1n) is 6.74. The van der Waals surface area contributed by atoms with Crippen LogP contribution >= 0.6 is 11.8 Å². The van der Waals surface area contributed by atoms with Crippen molar-refractivity contribution < 1.29 is 14.3 Å². The average Bonchev–Trinajstić information content (AvgIpc) is 2.44. The fourth-order valence-corrected chi connectivity index (χ4v) is 3.38. The molecular formula is C14H19FN2O2S. The number of aromatic nitrogens is 1. The van der Waals surface area contributed by atoms with Crippen LogP contribution in [0.2, 0.25) is 0 Å². The van der Waals surface area contributed by atoms with Crippen molar-refractivity contribution >= 4 is 17.7 Å². The molecule has 6 heteroatoms. The highest BCUT2D eigenvalue weighted by atomic mass is 32.2. The van der Waals surface area contributed by atoms with Gasteiger partial charge in [-0.05, 0) is 42.4 Å². The predicted molar refractivity (Wildman–Crippen MR) is 77.0 cm³/mol. The molecule has 0 radical (unpaired) electrons. The molecule has 0 aromatic carbocycles. The highest BCUT2D eigenvalue weighted by Gasteiger charge is 2.29. The highest BCUT2D eigenvalue weighted by Crippen LogP contribution is 2.26. The van der Waals surface area contributed by atoms with E-state index in [1.165, 1.54) is 6.07 Å². The van der Waals surface area contributed by atoms with Crippen LogP contribution in [0, 0.1) is 5.82 Å². The van der Waals surface area contributed by atoms with Gasteiger partial charge in [0.1, 0.15) is 5.82 Å². The summed E-state index contributed by atoms with van der Waals surface area (Å²) in [5.74, 6) is 1.35. The molecular weight excluding hydrogens is 279 g/mol. The van der Waals surface area contributed by atoms with Gasteiger partial charge >= 0.3 is 0 Å². The number of pyridine rings is 1. The molecule has 0 saturated carbocycles. The van der Waals surface area contributed by atoms with E-state index in [1.807, 2.05) is 11.8 Å². The summed E-state index contributed by atoms with van der Waals surface area (Å²) in [4.78, 5) is 15.5. The molecule has 20 heavy (non-hydrogen) atoms. The number of hydrogen-bond donors (Lipinski definition) is 2. The van der Waals surface area contributed by atoms with Gasteiger partial charge in [-0.15, -0.1) is 0 Å². The Morgan fingerprint density at radius 3 is 2.90 bits per heavy atom. The molecule has 110 valence electrons. The maximum Gasteiger partial charge on any atom is 0.220 e. The predicted octanol–water partition coefficient (Wildman–Crippen LogP) is 1.53. The van der Waals surface area contributed by atoms with Gasteiger partial charge in [0.15, 0.2) is 0 Å². The van der Waals surface area contributed by atoms with E-state index >= 15 is 0 Å². The van der Waals surface area contributed by atoms with Gasteiger partial charge in [-0.25, -0.2) is 4.39 Å². The third-order valence-electron chi connectivity index (χ3n) is 3.44. The van der Waals surface area contributed by atoms with E-state index in [4.69, 9.17) is 0 Å². The number of hydrogen-bond acceptors (Lipinski definition) is 4. The first-order valence-corrected chi connectivity index (χ1v) is 7.89. The van der Waals surface area contributed by atoms with Crippen molar-refractivity contribution in [3.8, 4) is 0 Å². The van der Waals surface area contributed by atoms with Crippen LogP contribution in [-0.2, 0) is 11.2 Å². The van der Waals surface area contributed by atoms with Crippen LogP contribution in [0.4, 0.5) is 4.39 Å². The zero-order chi connectivity index (χ0) is 14.4. The SMILES string of the molecule is O=C(CCc1cncc(F)c1)NCC1(O)CCSCC1. The Morgan fingerprint density at radius 2 is 2.20 bits per heavy atom. The number of amides is 1. The Kier molecular flexibility index (Phi) is 5.37. The summed E-state index contributed by atoms with van der Waals surface area (Å²) in [7, 11) is 0. The van der Waals surface area contributed by atoms with E-state index in [-0.39, 0.29) is 12.3 Å². The van der Waals surface area contributed by atoms with E-state index in [0.29, 0.717) is 31.4 Å². The summed E-state index contributed by atoms with van der Waals surface area (Å²) in [6.07, 6.45) is 4.85. The fraction of sp³-hybridized carbons (Fsp3) is 0.571. The van der Waals surface area contributed by atoms with E-state index < -0.39 is 11.4 Å². The Bertz CT molecular complexity index is 464. The van der Waals surface area contributed by atoms with Crippen molar-refractivity contribution in [2.45, 2.75) is 31.3 Å². The van der Waals surface area contributed by atoms with Crippen LogP contribution in [0.1, 0.15) is 24.8 Å². The Labute approximate surface area is 122 Å². The molecule has 2 heterocycles. The second-order valence-corrected chi connectivity index (χ2v) is 6.35. The summed E-state index contributed by atoms with van der Waals surface area (Å²) in [5.41, 5.74) is -0.0608. The van der Waals surface area contributed by atoms with Gasteiger partial charge in [-0.2, -0.15) is 11.8 Å². The quantitative estimate of drug-likeness (QED) is 0.865. The third-order valence-corrected chi connectivity index (χ3v) is 4.43. The molecule has 4 nitrogen and oxygen atoms in total. The number of halogens is 1. The largest absolute Gasteiger partial charge is 0.388 e. The van der Waals surface area contributed by atoms with E-state index in [1.54, 1.807) is 6.20 Å². The van der Waals surface area contributed by atoms with Crippen LogP contribution in [0.15, 0.2) is 18.5 Å². The van der Waals surface area contributed by atoms with Crippen LogP contribution < -0.4 is 5.32 Å². The van der Waals surface area contributed by atoms with Gasteiger partial charge in [0.05, 0.1) is 11.8 Å². The number of thioether (sulfide) groups is 1. The summed E-state index contributed by atoms with van der Waals surface area (Å²) < 4.78 is 12.9. The van der Waals surface area contributed by atoms with Crippen molar-refractivity contribution in [2.24, 2.45) is 0 Å². The molecule has 2 rings (SSSR count). The standard InChI is InChI=1S/C14H19FN2O2S/c15-12-7-11(8-16-9-12)1-2-13(18)17-10-14(19)3-5-20-6-4-14/h7-9,19H,1-6,10H2,(H,17,18). The van der Waals surface area contributed by atoms with Crippen molar-refractivity contribution in [3.05, 3.63) is 29.8 Å². The molecule has 2 N–H and O–H groups in total. The number of aryl methyl sites for hydroxylation is 1. The molecule has 0 aliphatic carbocycles. The lowest BCUT2D eigenvalue weighted by Gasteiger charge is -2.31. The molecule has 1 aromatic rings. The Balaban J connectivity index is 1.72. The highest BCUT2D eigenvalue weighted by molar-refractivity contribution is 7.99. The summed E-state index contributed by atoms with van der Waals surface area (Å²) in [6, 6.07) is 1.38. The van der Waals surface area contributed by atoms with E-state index in [2.05, 4.69) is 10.3 Å². The summed E-state index contributed by atoms with van der Waals surface area (Å²) in [6.45, 7) is 0.299. The minimum absolute atomic E-state index is 0.124. The number of nitrogens with zero attached hydrogens (tertiary/aromatic N) is 1. The van der Waals surface area contributed by atoms with Crippen molar-refractivity contribution in [3.63, 3.8) is 0 Å². The van der Waals surface area contributed by atoms with Crippen LogP contribution in [0.25, 0.3) is 0 Å². The number of aliphatic hydroxyl groups is 1. The topological polar surface area (TPSA) is 62.2 Å². The maximum absolute atomic E-state index is 12.9. The smallest absolute Gasteiger partial charge is 0.220 e. The molecule has 0 unspecified atom stereocenters. The molecule has 1 aromatic heterocycles. The second-order valence-electron chi connectivity index (χ2n) is 5.12. The molecule has 1 amide bonds. The lowest BCUT2D eigenvalue weighted by atomic mass is 9.97. The second kappa shape index (κ2) is 7.04. The number of carbonyl (C=O) groups excluding carboxylic acids is 1. The van der Waals surface area contributed by atoms with Gasteiger partial charge in [0, 0.05) is 19.2 Å². The van der Waals surface area contributed by atoms with Crippen molar-refractivity contribution in [1.82, 2.24) is 10.3 Å². The minimum atomic E-state index is -0.763. The fourth-order valence-electron chi connectivity index (χ4n) is 2.13. The monoisotopic (exact) mass is 298 g/mol. The van der Waals surface area contributed by atoms with Crippen LogP contribution in [-0.4, -0.2) is 39.6 Å². The van der Waals surface area contributed by atoms with Gasteiger partial charge in [-0.3, -0.25) is 9.78 Å². The van der Waals surface area contributed by atoms with Gasteiger partial charge in [0.2, 0.25) is 5.91 Å². The molecule has 0 bridgehead atoms. The molecule has 1 saturated heterocycles. The van der Waals surface area contributed by atoms with Gasteiger partial charge in [0.25, 0.3) is 0 Å². The zero-order valence-corrected chi connectivity index (χ0v) is 12.1. The minimum Gasteiger partial charge on any atom is -0.388 e. The number of carbonyl (C=O) groups is 1. The Hall–Kier alpha value is -1.14. The zero-order valence-electron chi connectivity index (χ0n) is 11.3. The van der Waals surface area contributed by atoms with Crippen LogP contribution in [0.3, 0.4) is 0 Å². The number of nitrogens with one attached hydrogen (secondary N) is 1. The lowest BCUT2D eigenvalue weighted by molar-refractivity contribution is -0.122. The van der Waals surface area contributed by atoms with Crippen molar-refractivity contribution in [1.29, 1.82) is 0 Å². The van der Waals surface area contributed by atoms with Gasteiger partial charge in [-0.1, -0.05) is 0 Å². The van der Waals surface area contributed by atoms with E-state index in [0.717, 1.165) is 17.7 Å². The summed E-state index contributed by atoms with van der Waals surface area (Å²) >= 11 is 1.83. The average molecular weight is 298 g/mol.